The maximum atomic E-state index is 13.6. The quantitative estimate of drug-likeness (QED) is 0.410. The Morgan fingerprint density at radius 3 is 2.42 bits per heavy atom. The lowest BCUT2D eigenvalue weighted by Gasteiger charge is -2.27. The summed E-state index contributed by atoms with van der Waals surface area (Å²) in [6, 6.07) is 22.9. The fourth-order valence-corrected chi connectivity index (χ4v) is 4.64. The van der Waals surface area contributed by atoms with Crippen LogP contribution in [0, 0.1) is 6.92 Å². The summed E-state index contributed by atoms with van der Waals surface area (Å²) in [7, 11) is 0. The standard InChI is InChI=1S/C27H24ClN3O2/c1-18-7-9-20(10-8-18)16-30-24(13-14-25(30)32)26-29-23-15-21(28)11-12-22(23)27(33)31(26)17-19-5-3-2-4-6-19/h2-12,15,24H,13-14,16-17H2,1H3. The fraction of sp³-hybridized carbons (Fsp3) is 0.222. The third-order valence-electron chi connectivity index (χ3n) is 6.23. The minimum atomic E-state index is -0.279. The molecule has 1 atom stereocenters. The fourth-order valence-electron chi connectivity index (χ4n) is 4.48. The van der Waals surface area contributed by atoms with E-state index >= 15 is 0 Å². The molecule has 0 spiro atoms. The van der Waals surface area contributed by atoms with Crippen molar-refractivity contribution in [1.82, 2.24) is 14.5 Å². The molecule has 6 heteroatoms. The first-order valence-corrected chi connectivity index (χ1v) is 11.5. The van der Waals surface area contributed by atoms with Gasteiger partial charge in [0, 0.05) is 18.0 Å². The largest absolute Gasteiger partial charge is 0.328 e. The van der Waals surface area contributed by atoms with Crippen molar-refractivity contribution in [2.45, 2.75) is 38.9 Å². The topological polar surface area (TPSA) is 55.2 Å². The normalized spacial score (nSPS) is 16.0. The monoisotopic (exact) mass is 457 g/mol. The van der Waals surface area contributed by atoms with Crippen LogP contribution in [0.5, 0.6) is 0 Å². The molecule has 5 rings (SSSR count). The Morgan fingerprint density at radius 2 is 1.67 bits per heavy atom. The van der Waals surface area contributed by atoms with E-state index in [1.807, 2.05) is 66.4 Å². The van der Waals surface area contributed by atoms with Gasteiger partial charge in [-0.1, -0.05) is 71.8 Å². The molecule has 0 aliphatic carbocycles. The van der Waals surface area contributed by atoms with Crippen molar-refractivity contribution in [3.63, 3.8) is 0 Å². The Kier molecular flexibility index (Phi) is 5.73. The van der Waals surface area contributed by atoms with Crippen LogP contribution in [0.1, 0.15) is 41.4 Å². The summed E-state index contributed by atoms with van der Waals surface area (Å²) in [6.45, 7) is 2.92. The summed E-state index contributed by atoms with van der Waals surface area (Å²) in [6.07, 6.45) is 1.06. The zero-order chi connectivity index (χ0) is 22.9. The van der Waals surface area contributed by atoms with E-state index in [4.69, 9.17) is 16.6 Å². The summed E-state index contributed by atoms with van der Waals surface area (Å²) >= 11 is 6.21. The van der Waals surface area contributed by atoms with Gasteiger partial charge < -0.3 is 4.90 Å². The van der Waals surface area contributed by atoms with Gasteiger partial charge in [0.2, 0.25) is 5.91 Å². The Bertz CT molecular complexity index is 1380. The molecule has 0 radical (unpaired) electrons. The highest BCUT2D eigenvalue weighted by molar-refractivity contribution is 6.31. The molecule has 3 aromatic carbocycles. The molecule has 1 aromatic heterocycles. The number of amides is 1. The summed E-state index contributed by atoms with van der Waals surface area (Å²) in [5, 5.41) is 1.05. The number of carbonyl (C=O) groups excluding carboxylic acids is 1. The van der Waals surface area contributed by atoms with Crippen molar-refractivity contribution in [1.29, 1.82) is 0 Å². The van der Waals surface area contributed by atoms with Crippen LogP contribution >= 0.6 is 11.6 Å². The van der Waals surface area contributed by atoms with E-state index in [-0.39, 0.29) is 17.5 Å². The van der Waals surface area contributed by atoms with E-state index in [1.165, 1.54) is 5.56 Å². The van der Waals surface area contributed by atoms with E-state index in [0.29, 0.717) is 47.7 Å². The number of halogens is 1. The van der Waals surface area contributed by atoms with Crippen LogP contribution < -0.4 is 5.56 Å². The van der Waals surface area contributed by atoms with Crippen molar-refractivity contribution >= 4 is 28.4 Å². The average Bonchev–Trinajstić information content (AvgIpc) is 3.17. The molecule has 0 N–H and O–H groups in total. The third kappa shape index (κ3) is 4.29. The highest BCUT2D eigenvalue weighted by Crippen LogP contribution is 2.34. The number of rotatable bonds is 5. The molecular weight excluding hydrogens is 434 g/mol. The molecule has 4 aromatic rings. The van der Waals surface area contributed by atoms with E-state index in [0.717, 1.165) is 11.1 Å². The van der Waals surface area contributed by atoms with E-state index < -0.39 is 0 Å². The smallest absolute Gasteiger partial charge is 0.261 e. The zero-order valence-corrected chi connectivity index (χ0v) is 19.1. The Morgan fingerprint density at radius 1 is 0.939 bits per heavy atom. The number of aryl methyl sites for hydroxylation is 1. The van der Waals surface area contributed by atoms with Gasteiger partial charge in [0.1, 0.15) is 5.82 Å². The maximum absolute atomic E-state index is 13.6. The van der Waals surface area contributed by atoms with Crippen LogP contribution in [0.2, 0.25) is 5.02 Å². The van der Waals surface area contributed by atoms with Gasteiger partial charge >= 0.3 is 0 Å². The van der Waals surface area contributed by atoms with E-state index in [2.05, 4.69) is 0 Å². The first-order valence-electron chi connectivity index (χ1n) is 11.1. The van der Waals surface area contributed by atoms with Crippen molar-refractivity contribution in [2.24, 2.45) is 0 Å². The van der Waals surface area contributed by atoms with Crippen molar-refractivity contribution in [3.05, 3.63) is 111 Å². The first-order chi connectivity index (χ1) is 16.0. The average molecular weight is 458 g/mol. The minimum absolute atomic E-state index is 0.0762. The molecule has 166 valence electrons. The number of likely N-dealkylation sites (tertiary alicyclic amines) is 1. The van der Waals surface area contributed by atoms with Gasteiger partial charge in [0.15, 0.2) is 0 Å². The van der Waals surface area contributed by atoms with Gasteiger partial charge in [-0.25, -0.2) is 4.98 Å². The molecule has 0 saturated carbocycles. The number of carbonyl (C=O) groups is 1. The molecule has 1 unspecified atom stereocenters. The molecule has 1 saturated heterocycles. The lowest BCUT2D eigenvalue weighted by molar-refractivity contribution is -0.129. The lowest BCUT2D eigenvalue weighted by Crippen LogP contribution is -2.34. The molecule has 1 fully saturated rings. The zero-order valence-electron chi connectivity index (χ0n) is 18.4. The predicted molar refractivity (Wildman–Crippen MR) is 130 cm³/mol. The molecule has 1 amide bonds. The lowest BCUT2D eigenvalue weighted by atomic mass is 10.1. The molecule has 33 heavy (non-hydrogen) atoms. The highest BCUT2D eigenvalue weighted by Gasteiger charge is 2.35. The van der Waals surface area contributed by atoms with Crippen LogP contribution in [-0.4, -0.2) is 20.4 Å². The summed E-state index contributed by atoms with van der Waals surface area (Å²) in [5.41, 5.74) is 3.67. The SMILES string of the molecule is Cc1ccc(CN2C(=O)CCC2c2nc3cc(Cl)ccc3c(=O)n2Cc2ccccc2)cc1. The predicted octanol–water partition coefficient (Wildman–Crippen LogP) is 5.27. The number of hydrogen-bond donors (Lipinski definition) is 0. The summed E-state index contributed by atoms with van der Waals surface area (Å²) in [5.74, 6) is 0.684. The molecule has 0 bridgehead atoms. The minimum Gasteiger partial charge on any atom is -0.328 e. The first kappa shape index (κ1) is 21.4. The summed E-state index contributed by atoms with van der Waals surface area (Å²) in [4.78, 5) is 33.2. The number of aromatic nitrogens is 2. The molecule has 2 heterocycles. The van der Waals surface area contributed by atoms with Crippen molar-refractivity contribution in [2.75, 3.05) is 0 Å². The molecule has 1 aliphatic heterocycles. The van der Waals surface area contributed by atoms with Crippen LogP contribution in [0.4, 0.5) is 0 Å². The molecule has 5 nitrogen and oxygen atoms in total. The van der Waals surface area contributed by atoms with Crippen molar-refractivity contribution in [3.8, 4) is 0 Å². The van der Waals surface area contributed by atoms with Gasteiger partial charge in [-0.15, -0.1) is 0 Å². The van der Waals surface area contributed by atoms with Gasteiger partial charge in [-0.2, -0.15) is 0 Å². The second-order valence-electron chi connectivity index (χ2n) is 8.57. The number of nitrogens with zero attached hydrogens (tertiary/aromatic N) is 3. The molecule has 1 aliphatic rings. The second kappa shape index (κ2) is 8.83. The van der Waals surface area contributed by atoms with Crippen LogP contribution in [0.3, 0.4) is 0 Å². The van der Waals surface area contributed by atoms with Crippen LogP contribution in [0.15, 0.2) is 77.6 Å². The Labute approximate surface area is 197 Å². The third-order valence-corrected chi connectivity index (χ3v) is 6.47. The maximum Gasteiger partial charge on any atom is 0.261 e. The van der Waals surface area contributed by atoms with Gasteiger partial charge in [0.25, 0.3) is 5.56 Å². The van der Waals surface area contributed by atoms with Gasteiger partial charge in [-0.05, 0) is 42.7 Å². The van der Waals surface area contributed by atoms with Gasteiger partial charge in [0.05, 0.1) is 23.5 Å². The summed E-state index contributed by atoms with van der Waals surface area (Å²) < 4.78 is 1.72. The van der Waals surface area contributed by atoms with Crippen LogP contribution in [0.25, 0.3) is 10.9 Å². The van der Waals surface area contributed by atoms with Crippen LogP contribution in [-0.2, 0) is 17.9 Å². The Balaban J connectivity index is 1.62. The number of fused-ring (bicyclic) bond motifs is 1. The van der Waals surface area contributed by atoms with E-state index in [9.17, 15) is 9.59 Å². The van der Waals surface area contributed by atoms with E-state index in [1.54, 1.807) is 22.8 Å². The molecular formula is C27H24ClN3O2. The second-order valence-corrected chi connectivity index (χ2v) is 9.01. The Hall–Kier alpha value is -3.44. The number of benzene rings is 3. The number of hydrogen-bond acceptors (Lipinski definition) is 3. The van der Waals surface area contributed by atoms with Gasteiger partial charge in [-0.3, -0.25) is 14.2 Å². The highest BCUT2D eigenvalue weighted by atomic mass is 35.5. The van der Waals surface area contributed by atoms with Crippen molar-refractivity contribution < 1.29 is 4.79 Å².